The van der Waals surface area contributed by atoms with Crippen LogP contribution in [0.25, 0.3) is 0 Å². The van der Waals surface area contributed by atoms with Crippen molar-refractivity contribution in [2.45, 2.75) is 12.5 Å². The van der Waals surface area contributed by atoms with Gasteiger partial charge in [0.15, 0.2) is 0 Å². The van der Waals surface area contributed by atoms with E-state index in [1.54, 1.807) is 18.2 Å². The maximum atomic E-state index is 13.5. The fourth-order valence-corrected chi connectivity index (χ4v) is 2.74. The molecular weight excluding hydrogens is 338 g/mol. The minimum Gasteiger partial charge on any atom is -0.388 e. The number of aliphatic hydroxyl groups excluding tert-OH is 1. The quantitative estimate of drug-likeness (QED) is 0.856. The zero-order valence-corrected chi connectivity index (χ0v) is 12.0. The van der Waals surface area contributed by atoms with Crippen molar-refractivity contribution in [3.63, 3.8) is 0 Å². The summed E-state index contributed by atoms with van der Waals surface area (Å²) in [5, 5.41) is 10.6. The van der Waals surface area contributed by atoms with Crippen LogP contribution in [0, 0.1) is 11.6 Å². The molecule has 0 bridgehead atoms. The van der Waals surface area contributed by atoms with Crippen molar-refractivity contribution in [3.8, 4) is 0 Å². The predicted octanol–water partition coefficient (Wildman–Crippen LogP) is 4.66. The van der Waals surface area contributed by atoms with E-state index in [4.69, 9.17) is 11.6 Å². The lowest BCUT2D eigenvalue weighted by molar-refractivity contribution is 0.176. The summed E-state index contributed by atoms with van der Waals surface area (Å²) >= 11 is 9.09. The van der Waals surface area contributed by atoms with Crippen LogP contribution >= 0.6 is 27.5 Å². The van der Waals surface area contributed by atoms with Gasteiger partial charge in [-0.2, -0.15) is 0 Å². The molecule has 2 rings (SSSR count). The van der Waals surface area contributed by atoms with Gasteiger partial charge >= 0.3 is 0 Å². The number of rotatable bonds is 3. The highest BCUT2D eigenvalue weighted by Crippen LogP contribution is 2.29. The lowest BCUT2D eigenvalue weighted by Gasteiger charge is -2.14. The lowest BCUT2D eigenvalue weighted by Crippen LogP contribution is -2.05. The van der Waals surface area contributed by atoms with E-state index in [9.17, 15) is 13.9 Å². The summed E-state index contributed by atoms with van der Waals surface area (Å²) in [6.07, 6.45) is -0.952. The summed E-state index contributed by atoms with van der Waals surface area (Å²) in [5.41, 5.74) is 0.711. The Hall–Kier alpha value is -0.970. The second-order valence-electron chi connectivity index (χ2n) is 4.12. The van der Waals surface area contributed by atoms with E-state index in [0.29, 0.717) is 15.1 Å². The molecule has 1 nitrogen and oxygen atoms in total. The van der Waals surface area contributed by atoms with Crippen molar-refractivity contribution < 1.29 is 13.9 Å². The molecule has 5 heteroatoms. The first-order valence-electron chi connectivity index (χ1n) is 5.54. The molecule has 2 aromatic carbocycles. The third-order valence-electron chi connectivity index (χ3n) is 2.74. The minimum atomic E-state index is -0.942. The predicted molar refractivity (Wildman–Crippen MR) is 74.2 cm³/mol. The third kappa shape index (κ3) is 3.53. The third-order valence-corrected chi connectivity index (χ3v) is 3.66. The van der Waals surface area contributed by atoms with E-state index in [1.165, 1.54) is 0 Å². The van der Waals surface area contributed by atoms with Crippen LogP contribution < -0.4 is 0 Å². The van der Waals surface area contributed by atoms with Crippen molar-refractivity contribution in [1.29, 1.82) is 0 Å². The van der Waals surface area contributed by atoms with Crippen LogP contribution in [-0.2, 0) is 6.42 Å². The molecule has 2 aromatic rings. The first-order chi connectivity index (χ1) is 8.97. The van der Waals surface area contributed by atoms with Gasteiger partial charge in [0.1, 0.15) is 11.6 Å². The Morgan fingerprint density at radius 3 is 2.58 bits per heavy atom. The van der Waals surface area contributed by atoms with Crippen molar-refractivity contribution in [2.75, 3.05) is 0 Å². The maximum absolute atomic E-state index is 13.5. The highest BCUT2D eigenvalue weighted by molar-refractivity contribution is 9.10. The van der Waals surface area contributed by atoms with E-state index >= 15 is 0 Å². The highest BCUT2D eigenvalue weighted by atomic mass is 79.9. The molecule has 0 heterocycles. The standard InChI is InChI=1S/C14H10BrClF2O/c15-12-7-9(16)1-3-11(12)14(19)6-8-5-10(17)2-4-13(8)18/h1-5,7,14,19H,6H2. The van der Waals surface area contributed by atoms with Gasteiger partial charge in [-0.25, -0.2) is 8.78 Å². The Balaban J connectivity index is 2.25. The summed E-state index contributed by atoms with van der Waals surface area (Å²) < 4.78 is 27.2. The molecule has 19 heavy (non-hydrogen) atoms. The van der Waals surface area contributed by atoms with Crippen molar-refractivity contribution in [2.24, 2.45) is 0 Å². The average Bonchev–Trinajstić information content (AvgIpc) is 2.33. The van der Waals surface area contributed by atoms with E-state index in [-0.39, 0.29) is 12.0 Å². The lowest BCUT2D eigenvalue weighted by atomic mass is 10.0. The number of hydrogen-bond donors (Lipinski definition) is 1. The number of hydrogen-bond acceptors (Lipinski definition) is 1. The fraction of sp³-hybridized carbons (Fsp3) is 0.143. The van der Waals surface area contributed by atoms with Crippen LogP contribution in [0.2, 0.25) is 5.02 Å². The number of aliphatic hydroxyl groups is 1. The summed E-state index contributed by atoms with van der Waals surface area (Å²) in [6.45, 7) is 0. The summed E-state index contributed by atoms with van der Waals surface area (Å²) in [5.74, 6) is -1.07. The van der Waals surface area contributed by atoms with Gasteiger partial charge in [0, 0.05) is 15.9 Å². The summed E-state index contributed by atoms with van der Waals surface area (Å²) in [6, 6.07) is 8.10. The van der Waals surface area contributed by atoms with Crippen LogP contribution in [0.1, 0.15) is 17.2 Å². The van der Waals surface area contributed by atoms with Gasteiger partial charge in [-0.15, -0.1) is 0 Å². The monoisotopic (exact) mass is 346 g/mol. The Morgan fingerprint density at radius 1 is 1.16 bits per heavy atom. The first kappa shape index (κ1) is 14.4. The molecule has 0 aliphatic carbocycles. The average molecular weight is 348 g/mol. The molecule has 1 unspecified atom stereocenters. The molecule has 0 fully saturated rings. The van der Waals surface area contributed by atoms with E-state index in [0.717, 1.165) is 18.2 Å². The van der Waals surface area contributed by atoms with Gasteiger partial charge in [-0.3, -0.25) is 0 Å². The van der Waals surface area contributed by atoms with Gasteiger partial charge < -0.3 is 5.11 Å². The van der Waals surface area contributed by atoms with Crippen molar-refractivity contribution >= 4 is 27.5 Å². The normalized spacial score (nSPS) is 12.5. The smallest absolute Gasteiger partial charge is 0.126 e. The van der Waals surface area contributed by atoms with Gasteiger partial charge in [0.25, 0.3) is 0 Å². The molecule has 0 amide bonds. The van der Waals surface area contributed by atoms with Gasteiger partial charge in [-0.1, -0.05) is 33.6 Å². The molecular formula is C14H10BrClF2O. The highest BCUT2D eigenvalue weighted by Gasteiger charge is 2.15. The molecule has 1 atom stereocenters. The zero-order valence-electron chi connectivity index (χ0n) is 9.71. The van der Waals surface area contributed by atoms with E-state index in [2.05, 4.69) is 15.9 Å². The van der Waals surface area contributed by atoms with Crippen molar-refractivity contribution in [1.82, 2.24) is 0 Å². The summed E-state index contributed by atoms with van der Waals surface area (Å²) in [7, 11) is 0. The molecule has 0 saturated heterocycles. The Morgan fingerprint density at radius 2 is 1.89 bits per heavy atom. The van der Waals surface area contributed by atoms with Crippen molar-refractivity contribution in [3.05, 3.63) is 68.7 Å². The Labute approximate surface area is 123 Å². The molecule has 0 aromatic heterocycles. The molecule has 0 spiro atoms. The van der Waals surface area contributed by atoms with Crippen LogP contribution in [0.15, 0.2) is 40.9 Å². The molecule has 0 saturated carbocycles. The van der Waals surface area contributed by atoms with E-state index in [1.807, 2.05) is 0 Å². The maximum Gasteiger partial charge on any atom is 0.126 e. The molecule has 0 aliphatic heterocycles. The van der Waals surface area contributed by atoms with E-state index < -0.39 is 17.7 Å². The largest absolute Gasteiger partial charge is 0.388 e. The SMILES string of the molecule is OC(Cc1cc(F)ccc1F)c1ccc(Cl)cc1Br. The molecule has 1 N–H and O–H groups in total. The van der Waals surface area contributed by atoms with Crippen LogP contribution in [0.4, 0.5) is 8.78 Å². The van der Waals surface area contributed by atoms with Gasteiger partial charge in [0.2, 0.25) is 0 Å². The molecule has 0 radical (unpaired) electrons. The van der Waals surface area contributed by atoms with Crippen LogP contribution in [-0.4, -0.2) is 5.11 Å². The Bertz CT molecular complexity index is 604. The van der Waals surface area contributed by atoms with Gasteiger partial charge in [-0.05, 0) is 41.5 Å². The number of benzene rings is 2. The minimum absolute atomic E-state index is 0.0101. The van der Waals surface area contributed by atoms with Gasteiger partial charge in [0.05, 0.1) is 6.10 Å². The topological polar surface area (TPSA) is 20.2 Å². The van der Waals surface area contributed by atoms with Crippen LogP contribution in [0.5, 0.6) is 0 Å². The first-order valence-corrected chi connectivity index (χ1v) is 6.71. The second-order valence-corrected chi connectivity index (χ2v) is 5.41. The second kappa shape index (κ2) is 5.99. The number of halogens is 4. The Kier molecular flexibility index (Phi) is 4.55. The molecule has 0 aliphatic rings. The molecule has 100 valence electrons. The van der Waals surface area contributed by atoms with Crippen LogP contribution in [0.3, 0.4) is 0 Å². The fourth-order valence-electron chi connectivity index (χ4n) is 1.79. The summed E-state index contributed by atoms with van der Waals surface area (Å²) in [4.78, 5) is 0. The zero-order chi connectivity index (χ0) is 14.0.